The molecule has 2 N–H and O–H groups in total. The molecule has 0 fully saturated rings. The van der Waals surface area contributed by atoms with Crippen LogP contribution in [0.15, 0.2) is 48.5 Å². The van der Waals surface area contributed by atoms with Crippen LogP contribution >= 0.6 is 13.5 Å². The minimum atomic E-state index is -1.82. The van der Waals surface area contributed by atoms with E-state index in [1.807, 2.05) is 32.3 Å². The van der Waals surface area contributed by atoms with Gasteiger partial charge in [0, 0.05) is 17.6 Å². The van der Waals surface area contributed by atoms with Crippen molar-refractivity contribution in [2.75, 3.05) is 20.7 Å². The first-order valence-corrected chi connectivity index (χ1v) is 7.46. The van der Waals surface area contributed by atoms with Gasteiger partial charge in [-0.2, -0.15) is 13.5 Å². The van der Waals surface area contributed by atoms with Crippen molar-refractivity contribution in [3.63, 3.8) is 0 Å². The largest absolute Gasteiger partial charge is 0.492 e. The Bertz CT molecular complexity index is 628. The van der Waals surface area contributed by atoms with E-state index < -0.39 is 12.9 Å². The molecule has 0 radical (unpaired) electrons. The zero-order chi connectivity index (χ0) is 16.8. The number of hydrogen-bond donors (Lipinski definition) is 2. The highest BCUT2D eigenvalue weighted by Crippen LogP contribution is 2.14. The van der Waals surface area contributed by atoms with Crippen LogP contribution in [0.3, 0.4) is 0 Å². The Morgan fingerprint density at radius 1 is 1.12 bits per heavy atom. The van der Waals surface area contributed by atoms with Crippen LogP contribution in [0.2, 0.25) is 0 Å². The third-order valence-corrected chi connectivity index (χ3v) is 3.74. The second-order valence-electron chi connectivity index (χ2n) is 5.68. The van der Waals surface area contributed by atoms with Crippen molar-refractivity contribution < 1.29 is 19.2 Å². The lowest BCUT2D eigenvalue weighted by molar-refractivity contribution is 0.184. The molecule has 0 spiro atoms. The van der Waals surface area contributed by atoms with Crippen molar-refractivity contribution in [1.29, 1.82) is 0 Å². The first kappa shape index (κ1) is 20.5. The lowest BCUT2D eigenvalue weighted by Crippen LogP contribution is -2.36. The van der Waals surface area contributed by atoms with Gasteiger partial charge in [0.05, 0.1) is 0 Å². The number of benzene rings is 2. The predicted octanol–water partition coefficient (Wildman–Crippen LogP) is 1.17. The van der Waals surface area contributed by atoms with Gasteiger partial charge in [-0.1, -0.05) is 36.4 Å². The Hall–Kier alpha value is -1.54. The van der Waals surface area contributed by atoms with E-state index in [1.54, 1.807) is 0 Å². The minimum Gasteiger partial charge on any atom is -0.492 e. The smallest absolute Gasteiger partial charge is 0.491 e. The Morgan fingerprint density at radius 2 is 1.79 bits per heavy atom. The zero-order valence-corrected chi connectivity index (χ0v) is 14.8. The monoisotopic (exact) mass is 351 g/mol. The minimum absolute atomic E-state index is 0. The number of nitrogens with zero attached hydrogens (tertiary/aromatic N) is 1. The molecular formula is C17H23BFNO3S. The summed E-state index contributed by atoms with van der Waals surface area (Å²) in [6.07, 6.45) is 0.823. The van der Waals surface area contributed by atoms with Crippen LogP contribution < -0.4 is 10.2 Å². The molecule has 0 unspecified atom stereocenters. The van der Waals surface area contributed by atoms with Gasteiger partial charge < -0.3 is 19.7 Å². The Kier molecular flexibility index (Phi) is 8.28. The molecular weight excluding hydrogens is 328 g/mol. The number of ether oxygens (including phenoxy) is 1. The van der Waals surface area contributed by atoms with Crippen LogP contribution in [-0.4, -0.2) is 48.8 Å². The molecule has 0 aliphatic rings. The molecule has 0 heterocycles. The molecule has 0 saturated carbocycles. The molecule has 0 saturated heterocycles. The number of likely N-dealkylation sites (N-methyl/N-ethyl adjacent to an activating group) is 1. The number of halogens is 1. The second kappa shape index (κ2) is 9.69. The highest BCUT2D eigenvalue weighted by molar-refractivity contribution is 7.59. The van der Waals surface area contributed by atoms with Gasteiger partial charge in [-0.25, -0.2) is 4.39 Å². The van der Waals surface area contributed by atoms with E-state index in [9.17, 15) is 4.39 Å². The highest BCUT2D eigenvalue weighted by atomic mass is 32.1. The molecule has 24 heavy (non-hydrogen) atoms. The van der Waals surface area contributed by atoms with E-state index in [1.165, 1.54) is 23.8 Å². The Balaban J connectivity index is 0.00000288. The quantitative estimate of drug-likeness (QED) is 0.736. The van der Waals surface area contributed by atoms with Gasteiger partial charge in [-0.05, 0) is 32.1 Å². The van der Waals surface area contributed by atoms with Gasteiger partial charge in [0.1, 0.15) is 18.2 Å². The summed E-state index contributed by atoms with van der Waals surface area (Å²) in [4.78, 5) is 2.06. The SMILES string of the molecule is CN(C)[C@H](COc1ccc(B(O)O)c(F)c1)Cc1ccccc1.S. The van der Waals surface area contributed by atoms with Crippen molar-refractivity contribution in [2.45, 2.75) is 12.5 Å². The second-order valence-corrected chi connectivity index (χ2v) is 5.68. The first-order chi connectivity index (χ1) is 11.0. The summed E-state index contributed by atoms with van der Waals surface area (Å²) in [5.41, 5.74) is 1.05. The summed E-state index contributed by atoms with van der Waals surface area (Å²) >= 11 is 0. The molecule has 7 heteroatoms. The van der Waals surface area contributed by atoms with E-state index in [-0.39, 0.29) is 25.0 Å². The molecule has 0 aromatic heterocycles. The summed E-state index contributed by atoms with van der Waals surface area (Å²) in [6.45, 7) is 0.405. The molecule has 130 valence electrons. The van der Waals surface area contributed by atoms with Crippen LogP contribution in [0.1, 0.15) is 5.56 Å². The average Bonchev–Trinajstić information content (AvgIpc) is 2.51. The fourth-order valence-corrected chi connectivity index (χ4v) is 2.28. The maximum absolute atomic E-state index is 13.7. The molecule has 4 nitrogen and oxygen atoms in total. The molecule has 2 aromatic carbocycles. The van der Waals surface area contributed by atoms with E-state index in [0.29, 0.717) is 12.4 Å². The summed E-state index contributed by atoms with van der Waals surface area (Å²) in [5, 5.41) is 18.0. The molecule has 0 aliphatic carbocycles. The third kappa shape index (κ3) is 5.83. The molecule has 2 aromatic rings. The molecule has 2 rings (SSSR count). The first-order valence-electron chi connectivity index (χ1n) is 7.46. The highest BCUT2D eigenvalue weighted by Gasteiger charge is 2.18. The Labute approximate surface area is 149 Å². The topological polar surface area (TPSA) is 52.9 Å². The van der Waals surface area contributed by atoms with Crippen LogP contribution in [0.4, 0.5) is 4.39 Å². The van der Waals surface area contributed by atoms with E-state index in [0.717, 1.165) is 6.42 Å². The van der Waals surface area contributed by atoms with Crippen LogP contribution in [0.5, 0.6) is 5.75 Å². The standard InChI is InChI=1S/C17H21BFNO3.H2S/c1-20(2)14(10-13-6-4-3-5-7-13)12-23-15-8-9-16(18(21)22)17(19)11-15;/h3-9,11,14,21-22H,10,12H2,1-2H3;1H2/t14-;/m0./s1. The van der Waals surface area contributed by atoms with Crippen molar-refractivity contribution in [2.24, 2.45) is 0 Å². The molecule has 0 bridgehead atoms. The maximum Gasteiger partial charge on any atom is 0.491 e. The fraction of sp³-hybridized carbons (Fsp3) is 0.294. The fourth-order valence-electron chi connectivity index (χ4n) is 2.28. The molecule has 1 atom stereocenters. The van der Waals surface area contributed by atoms with Gasteiger partial charge in [0.15, 0.2) is 0 Å². The predicted molar refractivity (Wildman–Crippen MR) is 99.7 cm³/mol. The lowest BCUT2D eigenvalue weighted by atomic mass is 9.80. The number of rotatable bonds is 7. The summed E-state index contributed by atoms with van der Waals surface area (Å²) in [6, 6.07) is 14.3. The van der Waals surface area contributed by atoms with E-state index >= 15 is 0 Å². The summed E-state index contributed by atoms with van der Waals surface area (Å²) < 4.78 is 19.4. The van der Waals surface area contributed by atoms with Crippen molar-refractivity contribution in [3.05, 3.63) is 59.9 Å². The van der Waals surface area contributed by atoms with Gasteiger partial charge in [-0.15, -0.1) is 0 Å². The van der Waals surface area contributed by atoms with Crippen LogP contribution in [-0.2, 0) is 6.42 Å². The normalized spacial score (nSPS) is 11.8. The third-order valence-electron chi connectivity index (χ3n) is 3.74. The van der Waals surface area contributed by atoms with Crippen LogP contribution in [0, 0.1) is 5.82 Å². The van der Waals surface area contributed by atoms with Gasteiger partial charge in [0.2, 0.25) is 0 Å². The van der Waals surface area contributed by atoms with Crippen molar-refractivity contribution in [1.82, 2.24) is 4.90 Å². The molecule has 0 amide bonds. The summed E-state index contributed by atoms with van der Waals surface area (Å²) in [7, 11) is 2.13. The molecule has 0 aliphatic heterocycles. The summed E-state index contributed by atoms with van der Waals surface area (Å²) in [5.74, 6) is -0.325. The van der Waals surface area contributed by atoms with Crippen molar-refractivity contribution in [3.8, 4) is 5.75 Å². The van der Waals surface area contributed by atoms with Gasteiger partial charge in [-0.3, -0.25) is 0 Å². The lowest BCUT2D eigenvalue weighted by Gasteiger charge is -2.24. The van der Waals surface area contributed by atoms with E-state index in [2.05, 4.69) is 17.0 Å². The van der Waals surface area contributed by atoms with Gasteiger partial charge >= 0.3 is 7.12 Å². The van der Waals surface area contributed by atoms with Crippen molar-refractivity contribution >= 4 is 26.1 Å². The number of hydrogen-bond acceptors (Lipinski definition) is 4. The van der Waals surface area contributed by atoms with Crippen LogP contribution in [0.25, 0.3) is 0 Å². The Morgan fingerprint density at radius 3 is 2.33 bits per heavy atom. The van der Waals surface area contributed by atoms with E-state index in [4.69, 9.17) is 14.8 Å². The maximum atomic E-state index is 13.7. The average molecular weight is 351 g/mol. The van der Waals surface area contributed by atoms with Gasteiger partial charge in [0.25, 0.3) is 0 Å². The zero-order valence-electron chi connectivity index (χ0n) is 13.8.